The summed E-state index contributed by atoms with van der Waals surface area (Å²) in [4.78, 5) is 35.2. The summed E-state index contributed by atoms with van der Waals surface area (Å²) in [6, 6.07) is 7.14. The van der Waals surface area contributed by atoms with Crippen LogP contribution < -0.4 is 5.32 Å². The van der Waals surface area contributed by atoms with Crippen LogP contribution in [0, 0.1) is 5.82 Å². The van der Waals surface area contributed by atoms with Crippen molar-refractivity contribution in [1.29, 1.82) is 0 Å². The maximum atomic E-state index is 13.0. The first-order valence-corrected chi connectivity index (χ1v) is 8.62. The van der Waals surface area contributed by atoms with Crippen LogP contribution >= 0.6 is 0 Å². The molecule has 27 heavy (non-hydrogen) atoms. The molecule has 138 valence electrons. The number of rotatable bonds is 4. The average molecular weight is 367 g/mol. The van der Waals surface area contributed by atoms with Crippen molar-refractivity contribution >= 4 is 23.0 Å². The third-order valence-electron chi connectivity index (χ3n) is 4.70. The fourth-order valence-corrected chi connectivity index (χ4v) is 3.22. The molecule has 1 aliphatic heterocycles. The van der Waals surface area contributed by atoms with Gasteiger partial charge in [0, 0.05) is 26.3 Å². The van der Waals surface area contributed by atoms with Gasteiger partial charge in [-0.15, -0.1) is 0 Å². The predicted octanol–water partition coefficient (Wildman–Crippen LogP) is 1.64. The van der Waals surface area contributed by atoms with Crippen LogP contribution in [0.15, 0.2) is 42.9 Å². The van der Waals surface area contributed by atoms with Gasteiger partial charge in [0.1, 0.15) is 17.4 Å². The molecule has 0 radical (unpaired) electrons. The topological polar surface area (TPSA) is 80.1 Å². The summed E-state index contributed by atoms with van der Waals surface area (Å²) < 4.78 is 14.8. The number of hydrogen-bond acceptors (Lipinski definition) is 4. The number of carbonyl (C=O) groups is 2. The van der Waals surface area contributed by atoms with E-state index >= 15 is 0 Å². The number of halogens is 1. The van der Waals surface area contributed by atoms with Crippen molar-refractivity contribution in [3.05, 3.63) is 59.8 Å². The van der Waals surface area contributed by atoms with Gasteiger partial charge >= 0.3 is 0 Å². The van der Waals surface area contributed by atoms with Gasteiger partial charge in [-0.05, 0) is 30.2 Å². The smallest absolute Gasteiger partial charge is 0.253 e. The SMILES string of the molecule is Cn1cnc2cc(C(=O)NC3CCN(Cc4ccc(F)cc4)C3=O)cnc21. The molecule has 3 aromatic rings. The molecule has 1 N–H and O–H groups in total. The molecule has 1 aromatic carbocycles. The van der Waals surface area contributed by atoms with Gasteiger partial charge in [0.25, 0.3) is 5.91 Å². The number of amides is 2. The number of pyridine rings is 1. The Kier molecular flexibility index (Phi) is 4.31. The number of likely N-dealkylation sites (tertiary alicyclic amines) is 1. The lowest BCUT2D eigenvalue weighted by Crippen LogP contribution is -2.41. The Morgan fingerprint density at radius 3 is 2.85 bits per heavy atom. The van der Waals surface area contributed by atoms with E-state index in [1.165, 1.54) is 18.3 Å². The van der Waals surface area contributed by atoms with Gasteiger partial charge in [-0.2, -0.15) is 0 Å². The Morgan fingerprint density at radius 2 is 2.07 bits per heavy atom. The molecule has 1 atom stereocenters. The van der Waals surface area contributed by atoms with E-state index in [2.05, 4.69) is 15.3 Å². The average Bonchev–Trinajstić information content (AvgIpc) is 3.20. The largest absolute Gasteiger partial charge is 0.340 e. The van der Waals surface area contributed by atoms with Crippen LogP contribution in [0.1, 0.15) is 22.3 Å². The quantitative estimate of drug-likeness (QED) is 0.760. The third-order valence-corrected chi connectivity index (χ3v) is 4.70. The minimum atomic E-state index is -0.572. The van der Waals surface area contributed by atoms with Crippen LogP contribution in [0.4, 0.5) is 4.39 Å². The van der Waals surface area contributed by atoms with E-state index in [0.717, 1.165) is 5.56 Å². The Morgan fingerprint density at radius 1 is 1.30 bits per heavy atom. The van der Waals surface area contributed by atoms with Gasteiger partial charge < -0.3 is 14.8 Å². The molecule has 8 heteroatoms. The zero-order valence-electron chi connectivity index (χ0n) is 14.7. The normalized spacial score (nSPS) is 16.9. The van der Waals surface area contributed by atoms with Crippen molar-refractivity contribution in [2.75, 3.05) is 6.54 Å². The molecule has 0 spiro atoms. The molecular formula is C19H18FN5O2. The second-order valence-electron chi connectivity index (χ2n) is 6.62. The van der Waals surface area contributed by atoms with Crippen LogP contribution in [0.3, 0.4) is 0 Å². The first-order valence-electron chi connectivity index (χ1n) is 8.62. The van der Waals surface area contributed by atoms with Gasteiger partial charge in [-0.1, -0.05) is 12.1 Å². The van der Waals surface area contributed by atoms with E-state index in [0.29, 0.717) is 36.2 Å². The number of hydrogen-bond donors (Lipinski definition) is 1. The predicted molar refractivity (Wildman–Crippen MR) is 96.2 cm³/mol. The summed E-state index contributed by atoms with van der Waals surface area (Å²) in [6.07, 6.45) is 3.65. The zero-order chi connectivity index (χ0) is 19.0. The maximum absolute atomic E-state index is 13.0. The maximum Gasteiger partial charge on any atom is 0.253 e. The molecule has 1 unspecified atom stereocenters. The highest BCUT2D eigenvalue weighted by atomic mass is 19.1. The first-order chi connectivity index (χ1) is 13.0. The molecule has 1 saturated heterocycles. The lowest BCUT2D eigenvalue weighted by Gasteiger charge is -2.17. The second-order valence-corrected chi connectivity index (χ2v) is 6.62. The lowest BCUT2D eigenvalue weighted by molar-refractivity contribution is -0.129. The number of imidazole rings is 1. The fraction of sp³-hybridized carbons (Fsp3) is 0.263. The monoisotopic (exact) mass is 367 g/mol. The van der Waals surface area contributed by atoms with E-state index in [4.69, 9.17) is 0 Å². The molecular weight excluding hydrogens is 349 g/mol. The standard InChI is InChI=1S/C19H18FN5O2/c1-24-11-22-16-8-13(9-21-17(16)24)18(26)23-15-6-7-25(19(15)27)10-12-2-4-14(20)5-3-12/h2-5,8-9,11,15H,6-7,10H2,1H3,(H,23,26). The minimum Gasteiger partial charge on any atom is -0.340 e. The zero-order valence-corrected chi connectivity index (χ0v) is 14.7. The number of nitrogens with zero attached hydrogens (tertiary/aromatic N) is 4. The summed E-state index contributed by atoms with van der Waals surface area (Å²) in [5.41, 5.74) is 2.53. The summed E-state index contributed by atoms with van der Waals surface area (Å²) in [5.74, 6) is -0.799. The van der Waals surface area contributed by atoms with Gasteiger partial charge in [-0.3, -0.25) is 9.59 Å². The highest BCUT2D eigenvalue weighted by molar-refractivity contribution is 5.99. The van der Waals surface area contributed by atoms with Crippen molar-refractivity contribution in [2.45, 2.75) is 19.0 Å². The third kappa shape index (κ3) is 3.38. The van der Waals surface area contributed by atoms with Crippen LogP contribution in [0.25, 0.3) is 11.2 Å². The fourth-order valence-electron chi connectivity index (χ4n) is 3.22. The van der Waals surface area contributed by atoms with Crippen LogP contribution in [-0.2, 0) is 18.4 Å². The molecule has 2 amide bonds. The molecule has 4 rings (SSSR count). The molecule has 0 bridgehead atoms. The number of benzene rings is 1. The lowest BCUT2D eigenvalue weighted by atomic mass is 10.2. The molecule has 1 aliphatic rings. The van der Waals surface area contributed by atoms with E-state index in [1.807, 2.05) is 7.05 Å². The van der Waals surface area contributed by atoms with Crippen LogP contribution in [0.5, 0.6) is 0 Å². The Bertz CT molecular complexity index is 1010. The molecule has 3 heterocycles. The second kappa shape index (κ2) is 6.79. The van der Waals surface area contributed by atoms with E-state index < -0.39 is 6.04 Å². The van der Waals surface area contributed by atoms with Gasteiger partial charge in [0.2, 0.25) is 5.91 Å². The number of carbonyl (C=O) groups excluding carboxylic acids is 2. The molecule has 0 aliphatic carbocycles. The molecule has 0 saturated carbocycles. The van der Waals surface area contributed by atoms with Crippen molar-refractivity contribution in [1.82, 2.24) is 24.8 Å². The van der Waals surface area contributed by atoms with E-state index in [-0.39, 0.29) is 17.6 Å². The van der Waals surface area contributed by atoms with Crippen molar-refractivity contribution in [3.8, 4) is 0 Å². The summed E-state index contributed by atoms with van der Waals surface area (Å²) in [7, 11) is 1.83. The van der Waals surface area contributed by atoms with E-state index in [1.54, 1.807) is 34.0 Å². The number of nitrogens with one attached hydrogen (secondary N) is 1. The highest BCUT2D eigenvalue weighted by Crippen LogP contribution is 2.17. The molecule has 2 aromatic heterocycles. The highest BCUT2D eigenvalue weighted by Gasteiger charge is 2.32. The van der Waals surface area contributed by atoms with Crippen molar-refractivity contribution in [2.24, 2.45) is 7.05 Å². The Balaban J connectivity index is 1.42. The van der Waals surface area contributed by atoms with Crippen molar-refractivity contribution < 1.29 is 14.0 Å². The summed E-state index contributed by atoms with van der Waals surface area (Å²) >= 11 is 0. The molecule has 7 nitrogen and oxygen atoms in total. The summed E-state index contributed by atoms with van der Waals surface area (Å²) in [6.45, 7) is 0.936. The minimum absolute atomic E-state index is 0.139. The number of fused-ring (bicyclic) bond motifs is 1. The Labute approximate surface area is 154 Å². The summed E-state index contributed by atoms with van der Waals surface area (Å²) in [5, 5.41) is 2.78. The number of aromatic nitrogens is 3. The van der Waals surface area contributed by atoms with Crippen LogP contribution in [0.2, 0.25) is 0 Å². The van der Waals surface area contributed by atoms with Gasteiger partial charge in [-0.25, -0.2) is 14.4 Å². The molecule has 1 fully saturated rings. The van der Waals surface area contributed by atoms with Crippen molar-refractivity contribution in [3.63, 3.8) is 0 Å². The first kappa shape index (κ1) is 17.1. The van der Waals surface area contributed by atoms with Gasteiger partial charge in [0.15, 0.2) is 5.65 Å². The Hall–Kier alpha value is -3.29. The van der Waals surface area contributed by atoms with Crippen LogP contribution in [-0.4, -0.2) is 43.8 Å². The number of aryl methyl sites for hydroxylation is 1. The van der Waals surface area contributed by atoms with Gasteiger partial charge in [0.05, 0.1) is 11.9 Å². The van der Waals surface area contributed by atoms with E-state index in [9.17, 15) is 14.0 Å².